The van der Waals surface area contributed by atoms with Gasteiger partial charge >= 0.3 is 5.97 Å². The molecule has 1 heterocycles. The van der Waals surface area contributed by atoms with Gasteiger partial charge in [0.05, 0.1) is 23.2 Å². The molecule has 1 aliphatic heterocycles. The fourth-order valence-electron chi connectivity index (χ4n) is 2.42. The summed E-state index contributed by atoms with van der Waals surface area (Å²) in [6.07, 6.45) is 0.622. The number of ether oxygens (including phenoxy) is 1. The van der Waals surface area contributed by atoms with Crippen LogP contribution in [0.5, 0.6) is 0 Å². The predicted octanol–water partition coefficient (Wildman–Crippen LogP) is 1.49. The minimum Gasteiger partial charge on any atom is -0.478 e. The average molecular weight is 313 g/mol. The third kappa shape index (κ3) is 3.09. The second kappa shape index (κ2) is 6.13. The lowest BCUT2D eigenvalue weighted by Crippen LogP contribution is -2.45. The van der Waals surface area contributed by atoms with Crippen LogP contribution in [0.1, 0.15) is 29.3 Å². The number of carboxylic acid groups (broad SMARTS) is 1. The van der Waals surface area contributed by atoms with Gasteiger partial charge in [0.2, 0.25) is 10.0 Å². The molecule has 0 spiro atoms. The standard InChI is InChI=1S/C14H19NO5S/c1-3-11-9-15(7-8-20-11)21(18,19)13-6-4-5-12(10(13)2)14(16)17/h4-6,11H,3,7-9H2,1-2H3,(H,16,17). The highest BCUT2D eigenvalue weighted by Crippen LogP contribution is 2.24. The lowest BCUT2D eigenvalue weighted by atomic mass is 10.1. The van der Waals surface area contributed by atoms with E-state index in [0.29, 0.717) is 13.2 Å². The first-order valence-corrected chi connectivity index (χ1v) is 8.26. The second-order valence-corrected chi connectivity index (χ2v) is 6.90. The van der Waals surface area contributed by atoms with Crippen molar-refractivity contribution in [3.05, 3.63) is 29.3 Å². The first-order valence-electron chi connectivity index (χ1n) is 6.82. The Kier molecular flexibility index (Phi) is 4.65. The number of sulfonamides is 1. The topological polar surface area (TPSA) is 83.9 Å². The highest BCUT2D eigenvalue weighted by atomic mass is 32.2. The first-order chi connectivity index (χ1) is 9.87. The number of hydrogen-bond donors (Lipinski definition) is 1. The molecule has 0 saturated carbocycles. The van der Waals surface area contributed by atoms with Crippen LogP contribution < -0.4 is 0 Å². The maximum atomic E-state index is 12.7. The SMILES string of the molecule is CCC1CN(S(=O)(=O)c2cccc(C(=O)O)c2C)CCO1. The zero-order valence-corrected chi connectivity index (χ0v) is 12.9. The fourth-order valence-corrected chi connectivity index (χ4v) is 4.13. The molecule has 0 amide bonds. The monoisotopic (exact) mass is 313 g/mol. The number of morpholine rings is 1. The maximum Gasteiger partial charge on any atom is 0.335 e. The van der Waals surface area contributed by atoms with E-state index >= 15 is 0 Å². The summed E-state index contributed by atoms with van der Waals surface area (Å²) in [5, 5.41) is 9.12. The van der Waals surface area contributed by atoms with E-state index in [-0.39, 0.29) is 28.7 Å². The Bertz CT molecular complexity index is 641. The number of nitrogens with zero attached hydrogens (tertiary/aromatic N) is 1. The fraction of sp³-hybridized carbons (Fsp3) is 0.500. The van der Waals surface area contributed by atoms with Crippen molar-refractivity contribution in [1.29, 1.82) is 0 Å². The molecule has 1 N–H and O–H groups in total. The normalized spacial score (nSPS) is 20.4. The summed E-state index contributed by atoms with van der Waals surface area (Å²) in [6.45, 7) is 4.41. The van der Waals surface area contributed by atoms with Crippen LogP contribution in [0.25, 0.3) is 0 Å². The van der Waals surface area contributed by atoms with Gasteiger partial charge in [0.15, 0.2) is 0 Å². The number of hydrogen-bond acceptors (Lipinski definition) is 4. The molecule has 0 radical (unpaired) electrons. The van der Waals surface area contributed by atoms with E-state index < -0.39 is 16.0 Å². The Morgan fingerprint density at radius 1 is 1.48 bits per heavy atom. The van der Waals surface area contributed by atoms with Crippen molar-refractivity contribution in [3.63, 3.8) is 0 Å². The van der Waals surface area contributed by atoms with Crippen LogP contribution in [0.4, 0.5) is 0 Å². The van der Waals surface area contributed by atoms with Crippen LogP contribution in [0.3, 0.4) is 0 Å². The van der Waals surface area contributed by atoms with Crippen LogP contribution in [-0.2, 0) is 14.8 Å². The van der Waals surface area contributed by atoms with Crippen LogP contribution in [0.15, 0.2) is 23.1 Å². The van der Waals surface area contributed by atoms with Gasteiger partial charge in [0.25, 0.3) is 0 Å². The van der Waals surface area contributed by atoms with E-state index in [9.17, 15) is 13.2 Å². The van der Waals surface area contributed by atoms with E-state index in [1.807, 2.05) is 6.92 Å². The molecule has 1 fully saturated rings. The molecule has 0 aliphatic carbocycles. The van der Waals surface area contributed by atoms with Crippen molar-refractivity contribution in [3.8, 4) is 0 Å². The third-order valence-electron chi connectivity index (χ3n) is 3.69. The van der Waals surface area contributed by atoms with E-state index in [2.05, 4.69) is 0 Å². The lowest BCUT2D eigenvalue weighted by Gasteiger charge is -2.32. The average Bonchev–Trinajstić information content (AvgIpc) is 2.47. The Hall–Kier alpha value is -1.44. The summed E-state index contributed by atoms with van der Waals surface area (Å²) in [5.74, 6) is -1.13. The number of carbonyl (C=O) groups is 1. The molecule has 6 nitrogen and oxygen atoms in total. The molecule has 1 aliphatic rings. The molecule has 0 bridgehead atoms. The van der Waals surface area contributed by atoms with Gasteiger partial charge in [0, 0.05) is 13.1 Å². The highest BCUT2D eigenvalue weighted by Gasteiger charge is 2.31. The second-order valence-electron chi connectivity index (χ2n) is 5.00. The van der Waals surface area contributed by atoms with Gasteiger partial charge in [-0.15, -0.1) is 0 Å². The molecule has 1 saturated heterocycles. The van der Waals surface area contributed by atoms with Gasteiger partial charge in [-0.3, -0.25) is 0 Å². The Morgan fingerprint density at radius 3 is 2.81 bits per heavy atom. The smallest absolute Gasteiger partial charge is 0.335 e. The van der Waals surface area contributed by atoms with E-state index in [4.69, 9.17) is 9.84 Å². The molecular weight excluding hydrogens is 294 g/mol. The van der Waals surface area contributed by atoms with Crippen molar-refractivity contribution >= 4 is 16.0 Å². The Morgan fingerprint density at radius 2 is 2.19 bits per heavy atom. The largest absolute Gasteiger partial charge is 0.478 e. The summed E-state index contributed by atoms with van der Waals surface area (Å²) < 4.78 is 32.3. The minimum atomic E-state index is -3.70. The van der Waals surface area contributed by atoms with Gasteiger partial charge in [-0.1, -0.05) is 13.0 Å². The van der Waals surface area contributed by atoms with Crippen LogP contribution >= 0.6 is 0 Å². The van der Waals surface area contributed by atoms with E-state index in [1.165, 1.54) is 29.4 Å². The Labute approximate surface area is 124 Å². The molecule has 1 unspecified atom stereocenters. The van der Waals surface area contributed by atoms with Gasteiger partial charge in [-0.05, 0) is 31.0 Å². The van der Waals surface area contributed by atoms with Gasteiger partial charge < -0.3 is 9.84 Å². The molecule has 7 heteroatoms. The van der Waals surface area contributed by atoms with Crippen molar-refractivity contribution in [1.82, 2.24) is 4.31 Å². The lowest BCUT2D eigenvalue weighted by molar-refractivity contribution is -0.00279. The highest BCUT2D eigenvalue weighted by molar-refractivity contribution is 7.89. The quantitative estimate of drug-likeness (QED) is 0.910. The molecule has 116 valence electrons. The predicted molar refractivity (Wildman–Crippen MR) is 76.9 cm³/mol. The van der Waals surface area contributed by atoms with Crippen LogP contribution in [0.2, 0.25) is 0 Å². The van der Waals surface area contributed by atoms with E-state index in [1.54, 1.807) is 0 Å². The van der Waals surface area contributed by atoms with Crippen molar-refractivity contribution in [2.75, 3.05) is 19.7 Å². The molecule has 1 atom stereocenters. The molecule has 2 rings (SSSR count). The Balaban J connectivity index is 2.40. The summed E-state index contributed by atoms with van der Waals surface area (Å²) in [4.78, 5) is 11.2. The molecule has 0 aromatic heterocycles. The number of rotatable bonds is 4. The van der Waals surface area contributed by atoms with Crippen molar-refractivity contribution < 1.29 is 23.1 Å². The molecular formula is C14H19NO5S. The molecule has 1 aromatic carbocycles. The minimum absolute atomic E-state index is 0.0105. The van der Waals surface area contributed by atoms with Crippen molar-refractivity contribution in [2.24, 2.45) is 0 Å². The number of carboxylic acids is 1. The summed E-state index contributed by atoms with van der Waals surface area (Å²) in [5.41, 5.74) is 0.279. The third-order valence-corrected chi connectivity index (χ3v) is 5.70. The van der Waals surface area contributed by atoms with Crippen LogP contribution in [0, 0.1) is 6.92 Å². The van der Waals surface area contributed by atoms with Crippen LogP contribution in [-0.4, -0.2) is 49.6 Å². The van der Waals surface area contributed by atoms with E-state index in [0.717, 1.165) is 6.42 Å². The molecule has 1 aromatic rings. The van der Waals surface area contributed by atoms with Gasteiger partial charge in [-0.25, -0.2) is 13.2 Å². The summed E-state index contributed by atoms with van der Waals surface area (Å²) >= 11 is 0. The zero-order valence-electron chi connectivity index (χ0n) is 12.1. The van der Waals surface area contributed by atoms with Crippen molar-refractivity contribution in [2.45, 2.75) is 31.3 Å². The number of aromatic carboxylic acids is 1. The van der Waals surface area contributed by atoms with Gasteiger partial charge in [-0.2, -0.15) is 4.31 Å². The number of benzene rings is 1. The maximum absolute atomic E-state index is 12.7. The summed E-state index contributed by atoms with van der Waals surface area (Å²) in [6, 6.07) is 4.32. The first kappa shape index (κ1) is 15.9. The zero-order chi connectivity index (χ0) is 15.6. The summed E-state index contributed by atoms with van der Waals surface area (Å²) in [7, 11) is -3.70. The van der Waals surface area contributed by atoms with Gasteiger partial charge in [0.1, 0.15) is 0 Å². The molecule has 21 heavy (non-hydrogen) atoms.